The van der Waals surface area contributed by atoms with Crippen molar-refractivity contribution in [1.82, 2.24) is 0 Å². The van der Waals surface area contributed by atoms with Gasteiger partial charge < -0.3 is 9.47 Å². The van der Waals surface area contributed by atoms with Crippen molar-refractivity contribution in [3.8, 4) is 5.75 Å². The number of rotatable bonds is 5. The van der Waals surface area contributed by atoms with Gasteiger partial charge >= 0.3 is 0 Å². The fourth-order valence-electron chi connectivity index (χ4n) is 1.98. The summed E-state index contributed by atoms with van der Waals surface area (Å²) < 4.78 is 11.1. The topological polar surface area (TPSA) is 18.5 Å². The van der Waals surface area contributed by atoms with Crippen LogP contribution in [0.3, 0.4) is 0 Å². The van der Waals surface area contributed by atoms with Crippen LogP contribution in [0.25, 0.3) is 10.8 Å². The molecule has 0 bridgehead atoms. The number of benzene rings is 2. The van der Waals surface area contributed by atoms with E-state index in [0.717, 1.165) is 16.9 Å². The molecule has 0 fully saturated rings. The zero-order chi connectivity index (χ0) is 13.0. The zero-order valence-corrected chi connectivity index (χ0v) is 10.9. The van der Waals surface area contributed by atoms with Crippen LogP contribution in [-0.4, -0.2) is 13.7 Å². The lowest BCUT2D eigenvalue weighted by Gasteiger charge is -2.12. The van der Waals surface area contributed by atoms with Gasteiger partial charge in [-0.1, -0.05) is 42.5 Å². The van der Waals surface area contributed by atoms with Gasteiger partial charge in [-0.2, -0.15) is 0 Å². The standard InChI is InChI=1S/C16H18O2/c1-12(2)10-18-11-15-14-7-5-4-6-13(14)8-9-16(15)17-3/h4-9H,1,10-11H2,2-3H3. The summed E-state index contributed by atoms with van der Waals surface area (Å²) in [6.45, 7) is 6.91. The van der Waals surface area contributed by atoms with Crippen LogP contribution in [-0.2, 0) is 11.3 Å². The van der Waals surface area contributed by atoms with Crippen LogP contribution in [0.15, 0.2) is 48.6 Å². The Morgan fingerprint density at radius 3 is 2.67 bits per heavy atom. The van der Waals surface area contributed by atoms with Gasteiger partial charge in [0, 0.05) is 5.56 Å². The molecule has 0 atom stereocenters. The van der Waals surface area contributed by atoms with Crippen molar-refractivity contribution in [2.45, 2.75) is 13.5 Å². The Hall–Kier alpha value is -1.80. The van der Waals surface area contributed by atoms with E-state index in [1.165, 1.54) is 10.8 Å². The van der Waals surface area contributed by atoms with Gasteiger partial charge in [0.05, 0.1) is 20.3 Å². The van der Waals surface area contributed by atoms with E-state index in [0.29, 0.717) is 13.2 Å². The number of methoxy groups -OCH3 is 1. The molecule has 0 N–H and O–H groups in total. The van der Waals surface area contributed by atoms with E-state index < -0.39 is 0 Å². The summed E-state index contributed by atoms with van der Waals surface area (Å²) in [6, 6.07) is 12.3. The molecule has 0 unspecified atom stereocenters. The third kappa shape index (κ3) is 2.71. The minimum atomic E-state index is 0.539. The molecule has 0 aliphatic rings. The fourth-order valence-corrected chi connectivity index (χ4v) is 1.98. The molecule has 0 saturated heterocycles. The molecule has 0 saturated carbocycles. The number of hydrogen-bond donors (Lipinski definition) is 0. The van der Waals surface area contributed by atoms with Gasteiger partial charge in [-0.15, -0.1) is 0 Å². The van der Waals surface area contributed by atoms with Crippen molar-refractivity contribution < 1.29 is 9.47 Å². The summed E-state index contributed by atoms with van der Waals surface area (Å²) >= 11 is 0. The van der Waals surface area contributed by atoms with Crippen LogP contribution >= 0.6 is 0 Å². The van der Waals surface area contributed by atoms with Gasteiger partial charge in [0.2, 0.25) is 0 Å². The van der Waals surface area contributed by atoms with E-state index in [1.54, 1.807) is 7.11 Å². The lowest BCUT2D eigenvalue weighted by Crippen LogP contribution is -1.99. The van der Waals surface area contributed by atoms with Gasteiger partial charge in [-0.3, -0.25) is 0 Å². The van der Waals surface area contributed by atoms with Crippen molar-refractivity contribution in [1.29, 1.82) is 0 Å². The zero-order valence-electron chi connectivity index (χ0n) is 10.9. The quantitative estimate of drug-likeness (QED) is 0.739. The van der Waals surface area contributed by atoms with Gasteiger partial charge in [-0.05, 0) is 23.8 Å². The minimum Gasteiger partial charge on any atom is -0.496 e. The highest BCUT2D eigenvalue weighted by atomic mass is 16.5. The average molecular weight is 242 g/mol. The van der Waals surface area contributed by atoms with Gasteiger partial charge in [0.15, 0.2) is 0 Å². The normalized spacial score (nSPS) is 10.6. The molecular weight excluding hydrogens is 224 g/mol. The second-order valence-electron chi connectivity index (χ2n) is 4.42. The Morgan fingerprint density at radius 1 is 1.17 bits per heavy atom. The summed E-state index contributed by atoms with van der Waals surface area (Å²) in [5.41, 5.74) is 2.12. The van der Waals surface area contributed by atoms with Crippen LogP contribution in [0.5, 0.6) is 5.75 Å². The number of hydrogen-bond acceptors (Lipinski definition) is 2. The highest BCUT2D eigenvalue weighted by molar-refractivity contribution is 5.87. The van der Waals surface area contributed by atoms with Crippen molar-refractivity contribution in [2.24, 2.45) is 0 Å². The Bertz CT molecular complexity index is 558. The molecule has 18 heavy (non-hydrogen) atoms. The van der Waals surface area contributed by atoms with E-state index in [4.69, 9.17) is 9.47 Å². The van der Waals surface area contributed by atoms with Gasteiger partial charge in [0.25, 0.3) is 0 Å². The maximum absolute atomic E-state index is 5.65. The summed E-state index contributed by atoms with van der Waals surface area (Å²) in [7, 11) is 1.69. The molecule has 0 aromatic heterocycles. The molecule has 2 heteroatoms. The van der Waals surface area contributed by atoms with Crippen LogP contribution < -0.4 is 4.74 Å². The largest absolute Gasteiger partial charge is 0.496 e. The Morgan fingerprint density at radius 2 is 1.94 bits per heavy atom. The van der Waals surface area contributed by atoms with Crippen LogP contribution in [0.2, 0.25) is 0 Å². The number of fused-ring (bicyclic) bond motifs is 1. The maximum Gasteiger partial charge on any atom is 0.125 e. The first-order valence-electron chi connectivity index (χ1n) is 5.99. The molecular formula is C16H18O2. The van der Waals surface area contributed by atoms with Gasteiger partial charge in [-0.25, -0.2) is 0 Å². The first kappa shape index (κ1) is 12.7. The van der Waals surface area contributed by atoms with Crippen LogP contribution in [0, 0.1) is 0 Å². The molecule has 94 valence electrons. The van der Waals surface area contributed by atoms with E-state index in [9.17, 15) is 0 Å². The van der Waals surface area contributed by atoms with Crippen LogP contribution in [0.1, 0.15) is 12.5 Å². The molecule has 2 rings (SSSR count). The first-order chi connectivity index (χ1) is 8.72. The van der Waals surface area contributed by atoms with Gasteiger partial charge in [0.1, 0.15) is 5.75 Å². The predicted octanol–water partition coefficient (Wildman–Crippen LogP) is 3.94. The highest BCUT2D eigenvalue weighted by Gasteiger charge is 2.08. The average Bonchev–Trinajstić information content (AvgIpc) is 2.38. The fraction of sp³-hybridized carbons (Fsp3) is 0.250. The predicted molar refractivity (Wildman–Crippen MR) is 75.0 cm³/mol. The SMILES string of the molecule is C=C(C)COCc1c(OC)ccc2ccccc12. The summed E-state index contributed by atoms with van der Waals surface area (Å²) in [4.78, 5) is 0. The molecule has 0 radical (unpaired) electrons. The lowest BCUT2D eigenvalue weighted by molar-refractivity contribution is 0.141. The summed E-state index contributed by atoms with van der Waals surface area (Å²) in [6.07, 6.45) is 0. The maximum atomic E-state index is 5.65. The molecule has 0 aliphatic carbocycles. The molecule has 2 aromatic rings. The molecule has 0 aliphatic heterocycles. The molecule has 0 spiro atoms. The van der Waals surface area contributed by atoms with Crippen molar-refractivity contribution >= 4 is 10.8 Å². The Labute approximate surface area is 108 Å². The Balaban J connectivity index is 2.35. The van der Waals surface area contributed by atoms with Crippen LogP contribution in [0.4, 0.5) is 0 Å². The Kier molecular flexibility index (Phi) is 4.00. The van der Waals surface area contributed by atoms with Crippen molar-refractivity contribution in [3.05, 3.63) is 54.1 Å². The lowest BCUT2D eigenvalue weighted by atomic mass is 10.0. The highest BCUT2D eigenvalue weighted by Crippen LogP contribution is 2.28. The third-order valence-electron chi connectivity index (χ3n) is 2.81. The second-order valence-corrected chi connectivity index (χ2v) is 4.42. The number of ether oxygens (including phenoxy) is 2. The first-order valence-corrected chi connectivity index (χ1v) is 5.99. The van der Waals surface area contributed by atoms with E-state index in [1.807, 2.05) is 25.1 Å². The summed E-state index contributed by atoms with van der Waals surface area (Å²) in [5, 5.41) is 2.38. The van der Waals surface area contributed by atoms with E-state index in [2.05, 4.69) is 24.8 Å². The van der Waals surface area contributed by atoms with E-state index in [-0.39, 0.29) is 0 Å². The third-order valence-corrected chi connectivity index (χ3v) is 2.81. The second kappa shape index (κ2) is 5.69. The molecule has 2 aromatic carbocycles. The monoisotopic (exact) mass is 242 g/mol. The van der Waals surface area contributed by atoms with Crippen molar-refractivity contribution in [2.75, 3.05) is 13.7 Å². The van der Waals surface area contributed by atoms with E-state index >= 15 is 0 Å². The molecule has 0 heterocycles. The molecule has 2 nitrogen and oxygen atoms in total. The molecule has 0 amide bonds. The smallest absolute Gasteiger partial charge is 0.125 e. The minimum absolute atomic E-state index is 0.539. The summed E-state index contributed by atoms with van der Waals surface area (Å²) in [5.74, 6) is 0.871. The van der Waals surface area contributed by atoms with Crippen molar-refractivity contribution in [3.63, 3.8) is 0 Å².